The summed E-state index contributed by atoms with van der Waals surface area (Å²) in [7, 11) is 0. The number of nitriles is 1. The molecule has 0 spiro atoms. The maximum Gasteiger partial charge on any atom is 0.433 e. The van der Waals surface area contributed by atoms with Gasteiger partial charge < -0.3 is 5.32 Å². The van der Waals surface area contributed by atoms with Crippen LogP contribution in [0, 0.1) is 17.2 Å². The van der Waals surface area contributed by atoms with E-state index in [4.69, 9.17) is 5.26 Å². The predicted octanol–water partition coefficient (Wildman–Crippen LogP) is 3.96. The van der Waals surface area contributed by atoms with Crippen molar-refractivity contribution in [3.8, 4) is 6.07 Å². The van der Waals surface area contributed by atoms with E-state index in [0.29, 0.717) is 5.92 Å². The van der Waals surface area contributed by atoms with E-state index in [0.717, 1.165) is 31.7 Å². The third kappa shape index (κ3) is 3.21. The van der Waals surface area contributed by atoms with Crippen molar-refractivity contribution in [3.63, 3.8) is 0 Å². The Morgan fingerprint density at radius 3 is 2.55 bits per heavy atom. The van der Waals surface area contributed by atoms with Crippen LogP contribution in [-0.2, 0) is 6.18 Å². The molecule has 0 bridgehead atoms. The Balaban J connectivity index is 2.22. The minimum atomic E-state index is -4.50. The van der Waals surface area contributed by atoms with Crippen molar-refractivity contribution in [1.29, 1.82) is 5.26 Å². The second kappa shape index (κ2) is 5.70. The van der Waals surface area contributed by atoms with Crippen LogP contribution in [0.25, 0.3) is 0 Å². The van der Waals surface area contributed by atoms with E-state index < -0.39 is 11.9 Å². The summed E-state index contributed by atoms with van der Waals surface area (Å²) in [6.45, 7) is 1.93. The van der Waals surface area contributed by atoms with E-state index in [1.165, 1.54) is 6.07 Å². The molecule has 1 unspecified atom stereocenters. The van der Waals surface area contributed by atoms with Gasteiger partial charge in [-0.1, -0.05) is 12.8 Å². The lowest BCUT2D eigenvalue weighted by atomic mass is 9.99. The molecule has 1 aromatic rings. The van der Waals surface area contributed by atoms with Crippen molar-refractivity contribution < 1.29 is 13.2 Å². The van der Waals surface area contributed by atoms with Gasteiger partial charge in [0.2, 0.25) is 0 Å². The average molecular weight is 283 g/mol. The number of hydrogen-bond acceptors (Lipinski definition) is 3. The van der Waals surface area contributed by atoms with Crippen LogP contribution in [0.15, 0.2) is 12.1 Å². The molecule has 2 rings (SSSR count). The highest BCUT2D eigenvalue weighted by Crippen LogP contribution is 2.32. The standard InChI is InChI=1S/C14H16F3N3/c1-9(10-4-2-3-5-10)19-13-11(8-18)6-7-12(20-13)14(15,16)17/h6-7,9-10H,2-5H2,1H3,(H,19,20). The summed E-state index contributed by atoms with van der Waals surface area (Å²) in [4.78, 5) is 3.57. The van der Waals surface area contributed by atoms with Crippen molar-refractivity contribution >= 4 is 5.82 Å². The van der Waals surface area contributed by atoms with Crippen molar-refractivity contribution in [1.82, 2.24) is 4.98 Å². The quantitative estimate of drug-likeness (QED) is 0.913. The number of nitrogens with zero attached hydrogens (tertiary/aromatic N) is 2. The maximum absolute atomic E-state index is 12.7. The van der Waals surface area contributed by atoms with Crippen LogP contribution in [0.5, 0.6) is 0 Å². The first kappa shape index (κ1) is 14.6. The van der Waals surface area contributed by atoms with Crippen molar-refractivity contribution in [3.05, 3.63) is 23.4 Å². The first-order valence-electron chi connectivity index (χ1n) is 6.66. The molecule has 6 heteroatoms. The van der Waals surface area contributed by atoms with Gasteiger partial charge in [0.1, 0.15) is 17.6 Å². The molecule has 3 nitrogen and oxygen atoms in total. The number of hydrogen-bond donors (Lipinski definition) is 1. The molecule has 1 fully saturated rings. The van der Waals surface area contributed by atoms with Crippen molar-refractivity contribution in [2.45, 2.75) is 44.8 Å². The molecule has 20 heavy (non-hydrogen) atoms. The van der Waals surface area contributed by atoms with Gasteiger partial charge in [0, 0.05) is 6.04 Å². The summed E-state index contributed by atoms with van der Waals surface area (Å²) < 4.78 is 38.0. The third-order valence-corrected chi connectivity index (χ3v) is 3.78. The monoisotopic (exact) mass is 283 g/mol. The van der Waals surface area contributed by atoms with Gasteiger partial charge >= 0.3 is 6.18 Å². The Kier molecular flexibility index (Phi) is 4.17. The molecule has 108 valence electrons. The van der Waals surface area contributed by atoms with Gasteiger partial charge in [-0.15, -0.1) is 0 Å². The van der Waals surface area contributed by atoms with E-state index in [9.17, 15) is 13.2 Å². The van der Waals surface area contributed by atoms with Gasteiger partial charge in [0.25, 0.3) is 0 Å². The highest BCUT2D eigenvalue weighted by molar-refractivity contribution is 5.53. The largest absolute Gasteiger partial charge is 0.433 e. The first-order chi connectivity index (χ1) is 9.41. The van der Waals surface area contributed by atoms with Gasteiger partial charge in [-0.2, -0.15) is 18.4 Å². The first-order valence-corrected chi connectivity index (χ1v) is 6.66. The highest BCUT2D eigenvalue weighted by Gasteiger charge is 2.33. The number of rotatable bonds is 3. The van der Waals surface area contributed by atoms with Gasteiger partial charge in [-0.3, -0.25) is 0 Å². The number of nitrogens with one attached hydrogen (secondary N) is 1. The highest BCUT2D eigenvalue weighted by atomic mass is 19.4. The second-order valence-electron chi connectivity index (χ2n) is 5.18. The third-order valence-electron chi connectivity index (χ3n) is 3.78. The maximum atomic E-state index is 12.7. The summed E-state index contributed by atoms with van der Waals surface area (Å²) in [5.41, 5.74) is -0.833. The molecule has 0 saturated heterocycles. The zero-order valence-electron chi connectivity index (χ0n) is 11.2. The van der Waals surface area contributed by atoms with Gasteiger partial charge in [0.15, 0.2) is 0 Å². The molecule has 1 atom stereocenters. The topological polar surface area (TPSA) is 48.7 Å². The number of aromatic nitrogens is 1. The Bertz CT molecular complexity index is 513. The van der Waals surface area contributed by atoms with E-state index in [2.05, 4.69) is 10.3 Å². The normalized spacial score (nSPS) is 17.8. The summed E-state index contributed by atoms with van der Waals surface area (Å²) in [6, 6.07) is 3.90. The lowest BCUT2D eigenvalue weighted by Crippen LogP contribution is -2.25. The Hall–Kier alpha value is -1.77. The van der Waals surface area contributed by atoms with Crippen LogP contribution in [0.1, 0.15) is 43.9 Å². The molecule has 1 aromatic heterocycles. The van der Waals surface area contributed by atoms with Gasteiger partial charge in [0.05, 0.1) is 5.56 Å². The number of alkyl halides is 3. The fourth-order valence-corrected chi connectivity index (χ4v) is 2.61. The zero-order valence-corrected chi connectivity index (χ0v) is 11.2. The summed E-state index contributed by atoms with van der Waals surface area (Å²) in [5, 5.41) is 12.0. The average Bonchev–Trinajstić information content (AvgIpc) is 2.91. The van der Waals surface area contributed by atoms with Crippen LogP contribution in [0.4, 0.5) is 19.0 Å². The van der Waals surface area contributed by atoms with Crippen LogP contribution >= 0.6 is 0 Å². The van der Waals surface area contributed by atoms with Crippen LogP contribution in [0.2, 0.25) is 0 Å². The molecule has 1 aliphatic rings. The van der Waals surface area contributed by atoms with E-state index >= 15 is 0 Å². The fraction of sp³-hybridized carbons (Fsp3) is 0.571. The molecule has 0 aromatic carbocycles. The SMILES string of the molecule is CC(Nc1nc(C(F)(F)F)ccc1C#N)C1CCCC1. The molecule has 1 saturated carbocycles. The van der Waals surface area contributed by atoms with Crippen molar-refractivity contribution in [2.75, 3.05) is 5.32 Å². The smallest absolute Gasteiger partial charge is 0.366 e. The Labute approximate surface area is 115 Å². The summed E-state index contributed by atoms with van der Waals surface area (Å²) in [5.74, 6) is 0.458. The van der Waals surface area contributed by atoms with Gasteiger partial charge in [-0.05, 0) is 37.8 Å². The number of anilines is 1. The van der Waals surface area contributed by atoms with Crippen LogP contribution in [0.3, 0.4) is 0 Å². The lowest BCUT2D eigenvalue weighted by Gasteiger charge is -2.22. The van der Waals surface area contributed by atoms with Gasteiger partial charge in [-0.25, -0.2) is 4.98 Å². The minimum absolute atomic E-state index is 0.0144. The Morgan fingerprint density at radius 2 is 2.00 bits per heavy atom. The Morgan fingerprint density at radius 1 is 1.35 bits per heavy atom. The summed E-state index contributed by atoms with van der Waals surface area (Å²) in [6.07, 6.45) is -0.0688. The van der Waals surface area contributed by atoms with E-state index in [-0.39, 0.29) is 17.4 Å². The summed E-state index contributed by atoms with van der Waals surface area (Å²) >= 11 is 0. The molecule has 1 N–H and O–H groups in total. The minimum Gasteiger partial charge on any atom is -0.366 e. The molecular weight excluding hydrogens is 267 g/mol. The van der Waals surface area contributed by atoms with E-state index in [1.807, 2.05) is 13.0 Å². The molecule has 1 heterocycles. The molecule has 0 radical (unpaired) electrons. The zero-order chi connectivity index (χ0) is 14.8. The van der Waals surface area contributed by atoms with Crippen molar-refractivity contribution in [2.24, 2.45) is 5.92 Å². The fourth-order valence-electron chi connectivity index (χ4n) is 2.61. The van der Waals surface area contributed by atoms with Crippen LogP contribution in [-0.4, -0.2) is 11.0 Å². The lowest BCUT2D eigenvalue weighted by molar-refractivity contribution is -0.141. The molecular formula is C14H16F3N3. The van der Waals surface area contributed by atoms with E-state index in [1.54, 1.807) is 0 Å². The molecule has 0 amide bonds. The molecule has 1 aliphatic carbocycles. The van der Waals surface area contributed by atoms with Crippen LogP contribution < -0.4 is 5.32 Å². The number of halogens is 3. The number of pyridine rings is 1. The second-order valence-corrected chi connectivity index (χ2v) is 5.18. The predicted molar refractivity (Wildman–Crippen MR) is 69.0 cm³/mol. The molecule has 0 aliphatic heterocycles.